The summed E-state index contributed by atoms with van der Waals surface area (Å²) < 4.78 is 27.9. The van der Waals surface area contributed by atoms with Gasteiger partial charge in [-0.05, 0) is 42.0 Å². The lowest BCUT2D eigenvalue weighted by atomic mass is 9.81. The van der Waals surface area contributed by atoms with Crippen molar-refractivity contribution in [2.75, 3.05) is 5.75 Å². The number of fused-ring (bicyclic) bond motifs is 5. The van der Waals surface area contributed by atoms with Crippen molar-refractivity contribution in [2.45, 2.75) is 51.4 Å². The maximum Gasteiger partial charge on any atom is 0.335 e. The van der Waals surface area contributed by atoms with Crippen molar-refractivity contribution in [3.8, 4) is 11.3 Å². The van der Waals surface area contributed by atoms with Gasteiger partial charge in [0, 0.05) is 23.6 Å². The second-order valence-corrected chi connectivity index (χ2v) is 11.2. The summed E-state index contributed by atoms with van der Waals surface area (Å²) in [6.07, 6.45) is 7.88. The zero-order chi connectivity index (χ0) is 22.5. The summed E-state index contributed by atoms with van der Waals surface area (Å²) in [5.74, 6) is -0.573. The lowest BCUT2D eigenvalue weighted by molar-refractivity contribution is 0.0697. The number of carboxylic acid groups (broad SMARTS) is 1. The summed E-state index contributed by atoms with van der Waals surface area (Å²) in [5.41, 5.74) is 5.26. The van der Waals surface area contributed by atoms with Crippen molar-refractivity contribution in [1.82, 2.24) is 4.57 Å². The number of rotatable bonds is 4. The van der Waals surface area contributed by atoms with Gasteiger partial charge in [-0.3, -0.25) is 0 Å². The molecule has 32 heavy (non-hydrogen) atoms. The van der Waals surface area contributed by atoms with Crippen LogP contribution >= 0.6 is 0 Å². The topological polar surface area (TPSA) is 76.4 Å². The first kappa shape index (κ1) is 21.0. The molecule has 6 heteroatoms. The van der Waals surface area contributed by atoms with E-state index in [0.717, 1.165) is 40.6 Å². The standard InChI is InChI=1S/C26H27NO4S/c1-2-32(30,31)20-14-18-10-6-7-11-21(18)25-24(17-8-4-3-5-9-17)22-13-12-19(26(28)29)15-23(22)27(25)16-20/h6-7,10-13,15-17H,2-5,8-9,14H2,1H3,(H,28,29). The Morgan fingerprint density at radius 2 is 1.84 bits per heavy atom. The first-order valence-electron chi connectivity index (χ1n) is 11.3. The molecule has 5 nitrogen and oxygen atoms in total. The Bertz CT molecular complexity index is 1360. The number of hydrogen-bond acceptors (Lipinski definition) is 3. The van der Waals surface area contributed by atoms with Crippen molar-refractivity contribution in [3.05, 3.63) is 64.1 Å². The molecule has 2 aliphatic rings. The fraction of sp³-hybridized carbons (Fsp3) is 0.346. The molecule has 5 rings (SSSR count). The van der Waals surface area contributed by atoms with Crippen LogP contribution in [0.5, 0.6) is 0 Å². The first-order valence-corrected chi connectivity index (χ1v) is 13.0. The van der Waals surface area contributed by atoms with Crippen molar-refractivity contribution in [3.63, 3.8) is 0 Å². The number of allylic oxidation sites excluding steroid dienone is 1. The minimum Gasteiger partial charge on any atom is -0.478 e. The first-order chi connectivity index (χ1) is 15.4. The zero-order valence-corrected chi connectivity index (χ0v) is 19.0. The average Bonchev–Trinajstić information content (AvgIpc) is 3.01. The van der Waals surface area contributed by atoms with Crippen LogP contribution in [0, 0.1) is 0 Å². The van der Waals surface area contributed by atoms with E-state index in [9.17, 15) is 18.3 Å². The number of hydrogen-bond donors (Lipinski definition) is 1. The van der Waals surface area contributed by atoms with Gasteiger partial charge in [0.15, 0.2) is 9.84 Å². The number of aromatic nitrogens is 1. The molecular weight excluding hydrogens is 422 g/mol. The van der Waals surface area contributed by atoms with E-state index < -0.39 is 15.8 Å². The van der Waals surface area contributed by atoms with Gasteiger partial charge >= 0.3 is 5.97 Å². The number of aromatic carboxylic acids is 1. The van der Waals surface area contributed by atoms with Crippen LogP contribution in [-0.4, -0.2) is 29.8 Å². The van der Waals surface area contributed by atoms with Crippen LogP contribution in [0.3, 0.4) is 0 Å². The molecule has 2 heterocycles. The van der Waals surface area contributed by atoms with Crippen LogP contribution < -0.4 is 0 Å². The third kappa shape index (κ3) is 3.37. The minimum atomic E-state index is -3.42. The molecule has 0 spiro atoms. The largest absolute Gasteiger partial charge is 0.478 e. The SMILES string of the molecule is CCS(=O)(=O)C1=Cn2c(c(C3CCCCC3)c3ccc(C(=O)O)cc32)-c2ccccc2C1. The normalized spacial score (nSPS) is 16.8. The highest BCUT2D eigenvalue weighted by Gasteiger charge is 2.30. The molecule has 3 aromatic rings. The predicted octanol–water partition coefficient (Wildman–Crippen LogP) is 5.84. The van der Waals surface area contributed by atoms with Crippen LogP contribution in [0.4, 0.5) is 0 Å². The highest BCUT2D eigenvalue weighted by molar-refractivity contribution is 7.95. The van der Waals surface area contributed by atoms with Crippen molar-refractivity contribution < 1.29 is 18.3 Å². The van der Waals surface area contributed by atoms with Crippen molar-refractivity contribution in [2.24, 2.45) is 0 Å². The van der Waals surface area contributed by atoms with E-state index in [0.29, 0.717) is 17.2 Å². The summed E-state index contributed by atoms with van der Waals surface area (Å²) >= 11 is 0. The van der Waals surface area contributed by atoms with Gasteiger partial charge in [-0.15, -0.1) is 0 Å². The molecule has 0 bridgehead atoms. The Labute approximate surface area is 188 Å². The maximum absolute atomic E-state index is 13.0. The fourth-order valence-corrected chi connectivity index (χ4v) is 6.35. The van der Waals surface area contributed by atoms with E-state index in [1.54, 1.807) is 25.3 Å². The molecular formula is C26H27NO4S. The van der Waals surface area contributed by atoms with Crippen LogP contribution in [0.2, 0.25) is 0 Å². The summed E-state index contributed by atoms with van der Waals surface area (Å²) in [5, 5.41) is 10.6. The predicted molar refractivity (Wildman–Crippen MR) is 128 cm³/mol. The molecule has 0 unspecified atom stereocenters. The average molecular weight is 450 g/mol. The monoisotopic (exact) mass is 449 g/mol. The number of nitrogens with zero attached hydrogens (tertiary/aromatic N) is 1. The highest BCUT2D eigenvalue weighted by atomic mass is 32.2. The molecule has 2 aromatic carbocycles. The van der Waals surface area contributed by atoms with Gasteiger partial charge < -0.3 is 9.67 Å². The third-order valence-electron chi connectivity index (χ3n) is 6.99. The minimum absolute atomic E-state index is 0.0331. The van der Waals surface area contributed by atoms with Gasteiger partial charge in [0.25, 0.3) is 0 Å². The number of benzene rings is 2. The summed E-state index contributed by atoms with van der Waals surface area (Å²) in [6, 6.07) is 13.3. The quantitative estimate of drug-likeness (QED) is 0.543. The Morgan fingerprint density at radius 1 is 1.09 bits per heavy atom. The van der Waals surface area contributed by atoms with Crippen LogP contribution in [0.25, 0.3) is 28.4 Å². The van der Waals surface area contributed by atoms with E-state index in [-0.39, 0.29) is 11.3 Å². The van der Waals surface area contributed by atoms with Crippen LogP contribution in [-0.2, 0) is 16.3 Å². The van der Waals surface area contributed by atoms with Gasteiger partial charge in [0.05, 0.1) is 27.4 Å². The Kier molecular flexibility index (Phi) is 5.20. The molecule has 1 aliphatic heterocycles. The zero-order valence-electron chi connectivity index (χ0n) is 18.2. The molecule has 0 amide bonds. The van der Waals surface area contributed by atoms with Gasteiger partial charge in [0.2, 0.25) is 0 Å². The van der Waals surface area contributed by atoms with Gasteiger partial charge in [0.1, 0.15) is 0 Å². The highest BCUT2D eigenvalue weighted by Crippen LogP contribution is 2.46. The van der Waals surface area contributed by atoms with Gasteiger partial charge in [-0.25, -0.2) is 13.2 Å². The lowest BCUT2D eigenvalue weighted by Gasteiger charge is -2.23. The molecule has 1 aromatic heterocycles. The molecule has 1 N–H and O–H groups in total. The van der Waals surface area contributed by atoms with Gasteiger partial charge in [-0.2, -0.15) is 0 Å². The van der Waals surface area contributed by atoms with Crippen molar-refractivity contribution >= 4 is 32.9 Å². The third-order valence-corrected chi connectivity index (χ3v) is 8.80. The van der Waals surface area contributed by atoms with Crippen LogP contribution in [0.15, 0.2) is 47.4 Å². The molecule has 1 fully saturated rings. The number of sulfone groups is 1. The van der Waals surface area contributed by atoms with E-state index in [1.807, 2.05) is 28.8 Å². The van der Waals surface area contributed by atoms with Gasteiger partial charge in [-0.1, -0.05) is 56.5 Å². The lowest BCUT2D eigenvalue weighted by Crippen LogP contribution is -2.09. The molecule has 0 saturated heterocycles. The van der Waals surface area contributed by atoms with E-state index >= 15 is 0 Å². The molecule has 1 saturated carbocycles. The smallest absolute Gasteiger partial charge is 0.335 e. The second-order valence-electron chi connectivity index (χ2n) is 8.84. The molecule has 166 valence electrons. The fourth-order valence-electron chi connectivity index (χ4n) is 5.34. The summed E-state index contributed by atoms with van der Waals surface area (Å²) in [4.78, 5) is 12.1. The Hall–Kier alpha value is -2.86. The Balaban J connectivity index is 1.91. The molecule has 0 radical (unpaired) electrons. The molecule has 1 aliphatic carbocycles. The summed E-state index contributed by atoms with van der Waals surface area (Å²) in [6.45, 7) is 1.66. The number of carbonyl (C=O) groups is 1. The summed E-state index contributed by atoms with van der Waals surface area (Å²) in [7, 11) is -3.42. The second kappa shape index (κ2) is 7.93. The van der Waals surface area contributed by atoms with Crippen molar-refractivity contribution in [1.29, 1.82) is 0 Å². The molecule has 0 atom stereocenters. The van der Waals surface area contributed by atoms with E-state index in [4.69, 9.17) is 0 Å². The number of carboxylic acids is 1. The van der Waals surface area contributed by atoms with E-state index in [1.165, 1.54) is 24.8 Å². The van der Waals surface area contributed by atoms with Crippen LogP contribution in [0.1, 0.15) is 66.4 Å². The maximum atomic E-state index is 13.0. The Morgan fingerprint density at radius 3 is 2.56 bits per heavy atom. The van der Waals surface area contributed by atoms with E-state index in [2.05, 4.69) is 6.07 Å².